The lowest BCUT2D eigenvalue weighted by molar-refractivity contribution is -0.120. The van der Waals surface area contributed by atoms with Crippen molar-refractivity contribution >= 4 is 28.9 Å². The van der Waals surface area contributed by atoms with Crippen LogP contribution in [0.5, 0.6) is 11.5 Å². The maximum atomic E-state index is 12.9. The SMILES string of the molecule is COc1cccc(N2CCN(C(C)C(=O)Nc3ccc(C(=O)Nc4ccccc4OC)cc3)CC2)c1. The van der Waals surface area contributed by atoms with Crippen LogP contribution >= 0.6 is 0 Å². The van der Waals surface area contributed by atoms with Gasteiger partial charge in [-0.15, -0.1) is 0 Å². The predicted octanol–water partition coefficient (Wildman–Crippen LogP) is 4.11. The minimum Gasteiger partial charge on any atom is -0.497 e. The van der Waals surface area contributed by atoms with Crippen molar-refractivity contribution < 1.29 is 19.1 Å². The molecule has 2 N–H and O–H groups in total. The van der Waals surface area contributed by atoms with E-state index < -0.39 is 0 Å². The molecule has 8 nitrogen and oxygen atoms in total. The summed E-state index contributed by atoms with van der Waals surface area (Å²) in [6.45, 7) is 5.16. The van der Waals surface area contributed by atoms with Crippen molar-refractivity contribution in [3.05, 3.63) is 78.4 Å². The zero-order valence-electron chi connectivity index (χ0n) is 20.9. The summed E-state index contributed by atoms with van der Waals surface area (Å²) in [5.74, 6) is 1.11. The molecular weight excluding hydrogens is 456 g/mol. The van der Waals surface area contributed by atoms with Crippen molar-refractivity contribution in [3.63, 3.8) is 0 Å². The fourth-order valence-corrected chi connectivity index (χ4v) is 4.23. The van der Waals surface area contributed by atoms with Gasteiger partial charge in [-0.05, 0) is 55.5 Å². The van der Waals surface area contributed by atoms with Gasteiger partial charge in [-0.1, -0.05) is 18.2 Å². The van der Waals surface area contributed by atoms with Gasteiger partial charge in [-0.3, -0.25) is 14.5 Å². The number of ether oxygens (including phenoxy) is 2. The molecule has 36 heavy (non-hydrogen) atoms. The summed E-state index contributed by atoms with van der Waals surface area (Å²) in [5, 5.41) is 5.82. The van der Waals surface area contributed by atoms with E-state index in [-0.39, 0.29) is 17.9 Å². The number of nitrogens with zero attached hydrogens (tertiary/aromatic N) is 2. The van der Waals surface area contributed by atoms with Gasteiger partial charge < -0.3 is 25.0 Å². The first kappa shape index (κ1) is 25.1. The Balaban J connectivity index is 1.29. The Morgan fingerprint density at radius 1 is 0.833 bits per heavy atom. The van der Waals surface area contributed by atoms with Crippen molar-refractivity contribution in [2.75, 3.05) is 55.9 Å². The van der Waals surface area contributed by atoms with Gasteiger partial charge >= 0.3 is 0 Å². The van der Waals surface area contributed by atoms with Crippen LogP contribution in [0.1, 0.15) is 17.3 Å². The number of methoxy groups -OCH3 is 2. The van der Waals surface area contributed by atoms with Crippen molar-refractivity contribution in [1.29, 1.82) is 0 Å². The number of amides is 2. The Kier molecular flexibility index (Phi) is 8.07. The molecule has 0 bridgehead atoms. The molecule has 1 saturated heterocycles. The second-order valence-electron chi connectivity index (χ2n) is 8.62. The fourth-order valence-electron chi connectivity index (χ4n) is 4.23. The molecule has 8 heteroatoms. The Bertz CT molecular complexity index is 1190. The summed E-state index contributed by atoms with van der Waals surface area (Å²) in [5.41, 5.74) is 2.86. The maximum absolute atomic E-state index is 12.9. The summed E-state index contributed by atoms with van der Waals surface area (Å²) in [6.07, 6.45) is 0. The molecule has 1 unspecified atom stereocenters. The first-order valence-electron chi connectivity index (χ1n) is 12.0. The molecule has 3 aromatic rings. The molecule has 1 heterocycles. The van der Waals surface area contributed by atoms with Crippen molar-refractivity contribution in [2.24, 2.45) is 0 Å². The summed E-state index contributed by atoms with van der Waals surface area (Å²) in [7, 11) is 3.23. The lowest BCUT2D eigenvalue weighted by Crippen LogP contribution is -2.52. The molecule has 0 aromatic heterocycles. The van der Waals surface area contributed by atoms with E-state index in [1.807, 2.05) is 37.3 Å². The van der Waals surface area contributed by atoms with Gasteiger partial charge in [0.2, 0.25) is 5.91 Å². The zero-order valence-corrected chi connectivity index (χ0v) is 20.9. The Morgan fingerprint density at radius 3 is 2.25 bits per heavy atom. The number of piperazine rings is 1. The second kappa shape index (κ2) is 11.6. The van der Waals surface area contributed by atoms with Crippen LogP contribution in [0.25, 0.3) is 0 Å². The highest BCUT2D eigenvalue weighted by Crippen LogP contribution is 2.25. The third-order valence-corrected chi connectivity index (χ3v) is 6.43. The van der Waals surface area contributed by atoms with E-state index in [0.29, 0.717) is 22.7 Å². The van der Waals surface area contributed by atoms with E-state index in [0.717, 1.165) is 37.6 Å². The van der Waals surface area contributed by atoms with E-state index in [2.05, 4.69) is 26.5 Å². The third kappa shape index (κ3) is 5.95. The molecule has 3 aromatic carbocycles. The van der Waals surface area contributed by atoms with Gasteiger partial charge in [0.1, 0.15) is 11.5 Å². The highest BCUT2D eigenvalue weighted by Gasteiger charge is 2.26. The van der Waals surface area contributed by atoms with Crippen LogP contribution in [-0.2, 0) is 4.79 Å². The summed E-state index contributed by atoms with van der Waals surface area (Å²) in [4.78, 5) is 30.0. The van der Waals surface area contributed by atoms with Gasteiger partial charge in [0.15, 0.2) is 0 Å². The first-order valence-corrected chi connectivity index (χ1v) is 12.0. The fraction of sp³-hybridized carbons (Fsp3) is 0.286. The topological polar surface area (TPSA) is 83.1 Å². The second-order valence-corrected chi connectivity index (χ2v) is 8.62. The first-order chi connectivity index (χ1) is 17.5. The predicted molar refractivity (Wildman–Crippen MR) is 142 cm³/mol. The van der Waals surface area contributed by atoms with Crippen molar-refractivity contribution in [1.82, 2.24) is 4.90 Å². The van der Waals surface area contributed by atoms with Gasteiger partial charge in [0, 0.05) is 49.2 Å². The monoisotopic (exact) mass is 488 g/mol. The van der Waals surface area contributed by atoms with Crippen LogP contribution in [0.2, 0.25) is 0 Å². The molecule has 0 radical (unpaired) electrons. The summed E-state index contributed by atoms with van der Waals surface area (Å²) in [6, 6.07) is 21.9. The van der Waals surface area contributed by atoms with Crippen molar-refractivity contribution in [2.45, 2.75) is 13.0 Å². The van der Waals surface area contributed by atoms with Gasteiger partial charge in [0.05, 0.1) is 25.9 Å². The van der Waals surface area contributed by atoms with Crippen LogP contribution in [-0.4, -0.2) is 63.2 Å². The number of para-hydroxylation sites is 2. The standard InChI is InChI=1S/C28H32N4O4/c1-20(31-15-17-32(18-16-31)23-7-6-8-24(19-23)35-2)27(33)29-22-13-11-21(12-14-22)28(34)30-25-9-4-5-10-26(25)36-3/h4-14,19-20H,15-18H2,1-3H3,(H,29,33)(H,30,34). The molecule has 0 spiro atoms. The minimum atomic E-state index is -0.272. The number of nitrogens with one attached hydrogen (secondary N) is 2. The number of carbonyl (C=O) groups is 2. The summed E-state index contributed by atoms with van der Waals surface area (Å²) < 4.78 is 10.6. The molecule has 188 valence electrons. The van der Waals surface area contributed by atoms with Crippen LogP contribution in [0, 0.1) is 0 Å². The number of anilines is 3. The Labute approximate surface area is 211 Å². The van der Waals surface area contributed by atoms with Crippen LogP contribution in [0.15, 0.2) is 72.8 Å². The van der Waals surface area contributed by atoms with E-state index in [1.54, 1.807) is 50.6 Å². The quantitative estimate of drug-likeness (QED) is 0.497. The molecule has 1 aliphatic rings. The smallest absolute Gasteiger partial charge is 0.255 e. The number of carbonyl (C=O) groups excluding carboxylic acids is 2. The Morgan fingerprint density at radius 2 is 1.56 bits per heavy atom. The largest absolute Gasteiger partial charge is 0.497 e. The van der Waals surface area contributed by atoms with Crippen LogP contribution in [0.3, 0.4) is 0 Å². The molecule has 4 rings (SSSR count). The average Bonchev–Trinajstić information content (AvgIpc) is 2.93. The van der Waals surface area contributed by atoms with Gasteiger partial charge in [0.25, 0.3) is 5.91 Å². The molecule has 0 saturated carbocycles. The Hall–Kier alpha value is -4.04. The van der Waals surface area contributed by atoms with E-state index >= 15 is 0 Å². The number of hydrogen-bond donors (Lipinski definition) is 2. The highest BCUT2D eigenvalue weighted by atomic mass is 16.5. The lowest BCUT2D eigenvalue weighted by Gasteiger charge is -2.38. The van der Waals surface area contributed by atoms with Crippen molar-refractivity contribution in [3.8, 4) is 11.5 Å². The van der Waals surface area contributed by atoms with E-state index in [1.165, 1.54) is 0 Å². The average molecular weight is 489 g/mol. The van der Waals surface area contributed by atoms with Gasteiger partial charge in [-0.2, -0.15) is 0 Å². The lowest BCUT2D eigenvalue weighted by atomic mass is 10.1. The normalized spacial score (nSPS) is 14.6. The third-order valence-electron chi connectivity index (χ3n) is 6.43. The minimum absolute atomic E-state index is 0.0731. The molecule has 2 amide bonds. The number of benzene rings is 3. The van der Waals surface area contributed by atoms with E-state index in [4.69, 9.17) is 9.47 Å². The molecular formula is C28H32N4O4. The maximum Gasteiger partial charge on any atom is 0.255 e. The van der Waals surface area contributed by atoms with E-state index in [9.17, 15) is 9.59 Å². The number of hydrogen-bond acceptors (Lipinski definition) is 6. The highest BCUT2D eigenvalue weighted by molar-refractivity contribution is 6.05. The molecule has 1 fully saturated rings. The number of rotatable bonds is 8. The molecule has 1 atom stereocenters. The molecule has 0 aliphatic carbocycles. The van der Waals surface area contributed by atoms with Crippen LogP contribution in [0.4, 0.5) is 17.1 Å². The van der Waals surface area contributed by atoms with Crippen LogP contribution < -0.4 is 25.0 Å². The van der Waals surface area contributed by atoms with Gasteiger partial charge in [-0.25, -0.2) is 0 Å². The zero-order chi connectivity index (χ0) is 25.5. The molecule has 1 aliphatic heterocycles. The summed E-state index contributed by atoms with van der Waals surface area (Å²) >= 11 is 0.